The molecule has 2 aromatic rings. The lowest BCUT2D eigenvalue weighted by molar-refractivity contribution is -0.138. The minimum atomic E-state index is -4.11. The summed E-state index contributed by atoms with van der Waals surface area (Å²) in [4.78, 5) is 28.1. The van der Waals surface area contributed by atoms with E-state index in [9.17, 15) is 23.1 Å². The summed E-state index contributed by atoms with van der Waals surface area (Å²) >= 11 is 0. The summed E-state index contributed by atoms with van der Waals surface area (Å²) in [5, 5.41) is 13.1. The minimum Gasteiger partial charge on any atom is -0.481 e. The fourth-order valence-electron chi connectivity index (χ4n) is 4.54. The van der Waals surface area contributed by atoms with Crippen molar-refractivity contribution in [2.45, 2.75) is 69.6 Å². The summed E-state index contributed by atoms with van der Waals surface area (Å²) in [6, 6.07) is 6.04. The van der Waals surface area contributed by atoms with Gasteiger partial charge in [0.1, 0.15) is 0 Å². The predicted octanol–water partition coefficient (Wildman–Crippen LogP) is 3.66. The lowest BCUT2D eigenvalue weighted by Gasteiger charge is -2.33. The third-order valence-corrected chi connectivity index (χ3v) is 7.51. The smallest absolute Gasteiger partial charge is 0.306 e. The molecule has 3 rings (SSSR count). The van der Waals surface area contributed by atoms with Gasteiger partial charge in [-0.15, -0.1) is 0 Å². The zero-order valence-electron chi connectivity index (χ0n) is 18.3. The third kappa shape index (κ3) is 5.73. The highest BCUT2D eigenvalue weighted by Gasteiger charge is 2.36. The van der Waals surface area contributed by atoms with Crippen molar-refractivity contribution in [3.05, 3.63) is 41.5 Å². The minimum absolute atomic E-state index is 0.0269. The lowest BCUT2D eigenvalue weighted by Crippen LogP contribution is -2.31. The van der Waals surface area contributed by atoms with Gasteiger partial charge < -0.3 is 9.63 Å². The highest BCUT2D eigenvalue weighted by molar-refractivity contribution is 7.90. The first kappa shape index (κ1) is 23.9. The molecule has 0 aliphatic heterocycles. The number of aromatic nitrogens is 2. The molecule has 1 aromatic heterocycles. The number of sulfonamides is 1. The zero-order chi connectivity index (χ0) is 23.3. The second kappa shape index (κ2) is 10.2. The molecule has 1 unspecified atom stereocenters. The molecule has 1 aliphatic rings. The van der Waals surface area contributed by atoms with Crippen LogP contribution >= 0.6 is 0 Å². The van der Waals surface area contributed by atoms with Crippen molar-refractivity contribution in [2.24, 2.45) is 11.8 Å². The number of hydrogen-bond donors (Lipinski definition) is 2. The van der Waals surface area contributed by atoms with Gasteiger partial charge in [0, 0.05) is 0 Å². The number of nitrogens with zero attached hydrogens (tertiary/aromatic N) is 2. The molecule has 32 heavy (non-hydrogen) atoms. The van der Waals surface area contributed by atoms with Crippen LogP contribution in [-0.2, 0) is 14.8 Å². The molecule has 2 atom stereocenters. The summed E-state index contributed by atoms with van der Waals surface area (Å²) in [5.74, 6) is -2.56. The van der Waals surface area contributed by atoms with Crippen molar-refractivity contribution in [3.63, 3.8) is 0 Å². The van der Waals surface area contributed by atoms with E-state index in [1.54, 1.807) is 12.1 Å². The number of aliphatic carboxylic acids is 1. The van der Waals surface area contributed by atoms with Crippen LogP contribution in [0.5, 0.6) is 0 Å². The van der Waals surface area contributed by atoms with E-state index in [1.807, 2.05) is 18.6 Å². The first-order valence-electron chi connectivity index (χ1n) is 10.9. The van der Waals surface area contributed by atoms with Gasteiger partial charge in [-0.25, -0.2) is 13.1 Å². The van der Waals surface area contributed by atoms with Gasteiger partial charge in [0.05, 0.1) is 17.2 Å². The van der Waals surface area contributed by atoms with Crippen LogP contribution < -0.4 is 4.72 Å². The molecule has 1 aromatic carbocycles. The largest absolute Gasteiger partial charge is 0.481 e. The van der Waals surface area contributed by atoms with E-state index in [1.165, 1.54) is 18.6 Å². The molecule has 1 aliphatic carbocycles. The molecular formula is C22H29N3O6S. The van der Waals surface area contributed by atoms with E-state index in [0.29, 0.717) is 5.92 Å². The number of carboxylic acid groups (broad SMARTS) is 1. The summed E-state index contributed by atoms with van der Waals surface area (Å²) in [7, 11) is -4.11. The number of benzene rings is 1. The van der Waals surface area contributed by atoms with Crippen molar-refractivity contribution < 1.29 is 27.6 Å². The Balaban J connectivity index is 1.80. The summed E-state index contributed by atoms with van der Waals surface area (Å²) in [6.07, 6.45) is 5.98. The van der Waals surface area contributed by atoms with Crippen molar-refractivity contribution in [1.29, 1.82) is 0 Å². The maximum absolute atomic E-state index is 12.5. The Kier molecular flexibility index (Phi) is 7.65. The average molecular weight is 464 g/mol. The van der Waals surface area contributed by atoms with E-state index in [2.05, 4.69) is 10.1 Å². The van der Waals surface area contributed by atoms with Gasteiger partial charge >= 0.3 is 11.9 Å². The Bertz CT molecular complexity index is 1040. The molecule has 9 nitrogen and oxygen atoms in total. The number of aryl methyl sites for hydroxylation is 1. The average Bonchev–Trinajstić information content (AvgIpc) is 3.24. The molecule has 0 saturated heterocycles. The third-order valence-electron chi connectivity index (χ3n) is 6.16. The van der Waals surface area contributed by atoms with Crippen LogP contribution in [0.3, 0.4) is 0 Å². The maximum Gasteiger partial charge on any atom is 0.306 e. The number of carbonyl (C=O) groups excluding carboxylic acids is 1. The first-order chi connectivity index (χ1) is 15.2. The van der Waals surface area contributed by atoms with Crippen LogP contribution in [0, 0.1) is 18.8 Å². The second-order valence-electron chi connectivity index (χ2n) is 8.38. The van der Waals surface area contributed by atoms with E-state index in [4.69, 9.17) is 4.52 Å². The fourth-order valence-corrected chi connectivity index (χ4v) is 5.49. The molecule has 10 heteroatoms. The lowest BCUT2D eigenvalue weighted by atomic mass is 9.72. The Labute approximate surface area is 187 Å². The van der Waals surface area contributed by atoms with Gasteiger partial charge in [-0.1, -0.05) is 68.3 Å². The van der Waals surface area contributed by atoms with Gasteiger partial charge in [0.15, 0.2) is 0 Å². The van der Waals surface area contributed by atoms with E-state index in [0.717, 1.165) is 37.7 Å². The fraction of sp³-hybridized carbons (Fsp3) is 0.545. The van der Waals surface area contributed by atoms with Crippen molar-refractivity contribution in [2.75, 3.05) is 0 Å². The molecule has 1 amide bonds. The molecule has 1 heterocycles. The molecule has 0 spiro atoms. The number of carboxylic acids is 1. The molecule has 174 valence electrons. The van der Waals surface area contributed by atoms with Crippen LogP contribution in [0.4, 0.5) is 0 Å². The number of rotatable bonds is 9. The predicted molar refractivity (Wildman–Crippen MR) is 115 cm³/mol. The number of nitrogens with one attached hydrogen (secondary N) is 1. The highest BCUT2D eigenvalue weighted by atomic mass is 32.2. The van der Waals surface area contributed by atoms with Gasteiger partial charge in [-0.3, -0.25) is 9.59 Å². The van der Waals surface area contributed by atoms with E-state index >= 15 is 0 Å². The summed E-state index contributed by atoms with van der Waals surface area (Å²) < 4.78 is 32.2. The van der Waals surface area contributed by atoms with Crippen LogP contribution in [-0.4, -0.2) is 35.5 Å². The van der Waals surface area contributed by atoms with Crippen molar-refractivity contribution >= 4 is 21.9 Å². The Morgan fingerprint density at radius 1 is 1.19 bits per heavy atom. The monoisotopic (exact) mass is 463 g/mol. The Morgan fingerprint density at radius 2 is 1.84 bits per heavy atom. The standard InChI is InChI=1S/C22H29N3O6S/c1-3-17(15-7-5-4-6-8-15)18(13-19(26)27)22-23-20(24-31-22)21(28)25-32(29,30)16-11-9-14(2)10-12-16/h9-12,15,17-18H,3-8,13H2,1-2H3,(H,25,28)(H,26,27)/t17?,18-/m1/s1. The van der Waals surface area contributed by atoms with Crippen molar-refractivity contribution in [3.8, 4) is 0 Å². The Hall–Kier alpha value is -2.75. The molecule has 2 N–H and O–H groups in total. The second-order valence-corrected chi connectivity index (χ2v) is 10.1. The number of amides is 1. The first-order valence-corrected chi connectivity index (χ1v) is 12.4. The Morgan fingerprint density at radius 3 is 2.44 bits per heavy atom. The zero-order valence-corrected chi connectivity index (χ0v) is 19.1. The van der Waals surface area contributed by atoms with Gasteiger partial charge in [-0.05, 0) is 30.9 Å². The molecule has 0 radical (unpaired) electrons. The molecule has 1 fully saturated rings. The SMILES string of the molecule is CCC(C1CCCCC1)[C@@H](CC(=O)O)c1nc(C(=O)NS(=O)(=O)c2ccc(C)cc2)no1. The van der Waals surface area contributed by atoms with Crippen LogP contribution in [0.15, 0.2) is 33.7 Å². The number of carbonyl (C=O) groups is 2. The quantitative estimate of drug-likeness (QED) is 0.574. The topological polar surface area (TPSA) is 139 Å². The normalized spacial score (nSPS) is 16.9. The van der Waals surface area contributed by atoms with E-state index in [-0.39, 0.29) is 23.1 Å². The van der Waals surface area contributed by atoms with Gasteiger partial charge in [0.25, 0.3) is 15.8 Å². The van der Waals surface area contributed by atoms with Gasteiger partial charge in [0.2, 0.25) is 5.89 Å². The maximum atomic E-state index is 12.5. The number of hydrogen-bond acceptors (Lipinski definition) is 7. The van der Waals surface area contributed by atoms with Crippen LogP contribution in [0.1, 0.15) is 79.9 Å². The summed E-state index contributed by atoms with van der Waals surface area (Å²) in [5.41, 5.74) is 0.881. The highest BCUT2D eigenvalue weighted by Crippen LogP contribution is 2.41. The molecule has 1 saturated carbocycles. The summed E-state index contributed by atoms with van der Waals surface area (Å²) in [6.45, 7) is 3.83. The van der Waals surface area contributed by atoms with Gasteiger partial charge in [-0.2, -0.15) is 4.98 Å². The van der Waals surface area contributed by atoms with E-state index < -0.39 is 33.6 Å². The van der Waals surface area contributed by atoms with Crippen LogP contribution in [0.25, 0.3) is 0 Å². The van der Waals surface area contributed by atoms with Crippen molar-refractivity contribution in [1.82, 2.24) is 14.9 Å². The van der Waals surface area contributed by atoms with Crippen LogP contribution in [0.2, 0.25) is 0 Å². The molecular weight excluding hydrogens is 434 g/mol. The molecule has 0 bridgehead atoms.